The van der Waals surface area contributed by atoms with E-state index in [2.05, 4.69) is 15.9 Å². The van der Waals surface area contributed by atoms with Crippen LogP contribution in [-0.2, 0) is 0 Å². The molecule has 0 heterocycles. The Kier molecular flexibility index (Phi) is 4.97. The summed E-state index contributed by atoms with van der Waals surface area (Å²) in [4.78, 5) is 12.1. The van der Waals surface area contributed by atoms with E-state index in [1.807, 2.05) is 6.07 Å². The minimum absolute atomic E-state index is 0.291. The van der Waals surface area contributed by atoms with Crippen molar-refractivity contribution in [3.63, 3.8) is 0 Å². The lowest BCUT2D eigenvalue weighted by Crippen LogP contribution is -2.09. The van der Waals surface area contributed by atoms with Crippen LogP contribution in [0.1, 0.15) is 15.9 Å². The predicted molar refractivity (Wildman–Crippen MR) is 85.3 cm³/mol. The highest BCUT2D eigenvalue weighted by Gasteiger charge is 2.15. The molecule has 6 heteroatoms. The van der Waals surface area contributed by atoms with Crippen LogP contribution >= 0.6 is 50.7 Å². The van der Waals surface area contributed by atoms with Gasteiger partial charge in [-0.15, -0.1) is 0 Å². The summed E-state index contributed by atoms with van der Waals surface area (Å²) in [5.74, 6) is -0.221. The summed E-state index contributed by atoms with van der Waals surface area (Å²) in [6.45, 7) is 1.80. The van der Waals surface area contributed by atoms with E-state index >= 15 is 0 Å². The van der Waals surface area contributed by atoms with Crippen molar-refractivity contribution in [1.82, 2.24) is 0 Å². The number of benzene rings is 2. The van der Waals surface area contributed by atoms with Gasteiger partial charge >= 0.3 is 5.97 Å². The monoisotopic (exact) mass is 392 g/mol. The summed E-state index contributed by atoms with van der Waals surface area (Å²) < 4.78 is 6.13. The molecule has 0 atom stereocenters. The van der Waals surface area contributed by atoms with Crippen LogP contribution in [-0.4, -0.2) is 5.97 Å². The van der Waals surface area contributed by atoms with Crippen LogP contribution in [0.2, 0.25) is 15.1 Å². The van der Waals surface area contributed by atoms with Gasteiger partial charge in [-0.3, -0.25) is 0 Å². The number of esters is 1. The fourth-order valence-electron chi connectivity index (χ4n) is 1.59. The third-order valence-corrected chi connectivity index (χ3v) is 4.02. The van der Waals surface area contributed by atoms with Crippen LogP contribution < -0.4 is 4.74 Å². The number of hydrogen-bond acceptors (Lipinski definition) is 2. The number of carbonyl (C=O) groups excluding carboxylic acids is 1. The number of carbonyl (C=O) groups is 1. The molecule has 0 fully saturated rings. The second-order valence-corrected chi connectivity index (χ2v) is 6.19. The van der Waals surface area contributed by atoms with E-state index in [0.29, 0.717) is 26.4 Å². The van der Waals surface area contributed by atoms with Gasteiger partial charge in [0.25, 0.3) is 0 Å². The molecule has 2 nitrogen and oxygen atoms in total. The fraction of sp³-hybridized carbons (Fsp3) is 0.0714. The standard InChI is InChI=1S/C14H8BrCl3O2/c1-7-4-9(15)6-12(18)13(7)20-14(19)8-2-3-10(16)11(17)5-8/h2-6H,1H3. The summed E-state index contributed by atoms with van der Waals surface area (Å²) in [5.41, 5.74) is 1.05. The third kappa shape index (κ3) is 3.47. The SMILES string of the molecule is Cc1cc(Br)cc(Cl)c1OC(=O)c1ccc(Cl)c(Cl)c1. The van der Waals surface area contributed by atoms with E-state index in [9.17, 15) is 4.79 Å². The minimum Gasteiger partial charge on any atom is -0.421 e. The maximum Gasteiger partial charge on any atom is 0.343 e. The van der Waals surface area contributed by atoms with Crippen molar-refractivity contribution in [1.29, 1.82) is 0 Å². The molecule has 0 aliphatic rings. The molecule has 0 unspecified atom stereocenters. The van der Waals surface area contributed by atoms with Gasteiger partial charge in [-0.2, -0.15) is 0 Å². The number of aryl methyl sites for hydroxylation is 1. The van der Waals surface area contributed by atoms with Gasteiger partial charge in [-0.1, -0.05) is 50.7 Å². The van der Waals surface area contributed by atoms with E-state index in [4.69, 9.17) is 39.5 Å². The van der Waals surface area contributed by atoms with Gasteiger partial charge in [-0.25, -0.2) is 4.79 Å². The maximum atomic E-state index is 12.1. The molecule has 104 valence electrons. The van der Waals surface area contributed by atoms with Gasteiger partial charge in [-0.05, 0) is 42.8 Å². The lowest BCUT2D eigenvalue weighted by atomic mass is 10.2. The Morgan fingerprint density at radius 3 is 2.35 bits per heavy atom. The first-order chi connectivity index (χ1) is 9.38. The molecule has 0 saturated carbocycles. The quantitative estimate of drug-likeness (QED) is 0.466. The number of rotatable bonds is 2. The second kappa shape index (κ2) is 6.35. The van der Waals surface area contributed by atoms with Crippen molar-refractivity contribution in [3.05, 3.63) is 61.0 Å². The van der Waals surface area contributed by atoms with Gasteiger partial charge in [0.05, 0.1) is 20.6 Å². The first-order valence-corrected chi connectivity index (χ1v) is 7.44. The predicted octanol–water partition coefficient (Wildman–Crippen LogP) is 5.94. The first-order valence-electron chi connectivity index (χ1n) is 5.51. The zero-order valence-corrected chi connectivity index (χ0v) is 14.1. The van der Waals surface area contributed by atoms with Crippen molar-refractivity contribution >= 4 is 56.7 Å². The smallest absolute Gasteiger partial charge is 0.343 e. The van der Waals surface area contributed by atoms with E-state index < -0.39 is 5.97 Å². The number of halogens is 4. The maximum absolute atomic E-state index is 12.1. The van der Waals surface area contributed by atoms with Crippen LogP contribution in [0, 0.1) is 6.92 Å². The Morgan fingerprint density at radius 2 is 1.75 bits per heavy atom. The molecular weight excluding hydrogens is 386 g/mol. The molecule has 0 aromatic heterocycles. The molecule has 2 rings (SSSR count). The molecule has 2 aromatic carbocycles. The Labute approximate surface area is 139 Å². The third-order valence-electron chi connectivity index (χ3n) is 2.54. The summed E-state index contributed by atoms with van der Waals surface area (Å²) in [6, 6.07) is 8.00. The summed E-state index contributed by atoms with van der Waals surface area (Å²) in [5, 5.41) is 1.02. The lowest BCUT2D eigenvalue weighted by Gasteiger charge is -2.10. The molecule has 0 aliphatic heterocycles. The Bertz CT molecular complexity index is 663. The molecule has 2 aromatic rings. The Balaban J connectivity index is 2.30. The lowest BCUT2D eigenvalue weighted by molar-refractivity contribution is 0.0733. The molecule has 0 N–H and O–H groups in total. The van der Waals surface area contributed by atoms with Crippen molar-refractivity contribution in [2.24, 2.45) is 0 Å². The number of hydrogen-bond donors (Lipinski definition) is 0. The topological polar surface area (TPSA) is 26.3 Å². The zero-order valence-electron chi connectivity index (χ0n) is 10.2. The molecule has 0 bridgehead atoms. The Hall–Kier alpha value is -0.740. The Morgan fingerprint density at radius 1 is 1.05 bits per heavy atom. The zero-order chi connectivity index (χ0) is 14.9. The number of ether oxygens (including phenoxy) is 1. The first kappa shape index (κ1) is 15.6. The van der Waals surface area contributed by atoms with Crippen LogP contribution in [0.15, 0.2) is 34.8 Å². The summed E-state index contributed by atoms with van der Waals surface area (Å²) >= 11 is 21.1. The average molecular weight is 394 g/mol. The minimum atomic E-state index is -0.545. The van der Waals surface area contributed by atoms with Crippen molar-refractivity contribution < 1.29 is 9.53 Å². The summed E-state index contributed by atoms with van der Waals surface area (Å²) in [6.07, 6.45) is 0. The van der Waals surface area contributed by atoms with Crippen LogP contribution in [0.3, 0.4) is 0 Å². The van der Waals surface area contributed by atoms with Crippen molar-refractivity contribution in [3.8, 4) is 5.75 Å². The van der Waals surface area contributed by atoms with Crippen LogP contribution in [0.25, 0.3) is 0 Å². The molecule has 20 heavy (non-hydrogen) atoms. The molecule has 0 aliphatic carbocycles. The fourth-order valence-corrected chi connectivity index (χ4v) is 2.90. The van der Waals surface area contributed by atoms with E-state index in [1.165, 1.54) is 12.1 Å². The summed E-state index contributed by atoms with van der Waals surface area (Å²) in [7, 11) is 0. The van der Waals surface area contributed by atoms with E-state index in [0.717, 1.165) is 10.0 Å². The molecule has 0 saturated heterocycles. The second-order valence-electron chi connectivity index (χ2n) is 4.05. The molecular formula is C14H8BrCl3O2. The largest absolute Gasteiger partial charge is 0.421 e. The van der Waals surface area contributed by atoms with Crippen molar-refractivity contribution in [2.45, 2.75) is 6.92 Å². The molecule has 0 amide bonds. The van der Waals surface area contributed by atoms with Gasteiger partial charge in [0, 0.05) is 4.47 Å². The van der Waals surface area contributed by atoms with Crippen LogP contribution in [0.5, 0.6) is 5.75 Å². The average Bonchev–Trinajstić information content (AvgIpc) is 2.36. The van der Waals surface area contributed by atoms with Gasteiger partial charge in [0.15, 0.2) is 5.75 Å². The highest BCUT2D eigenvalue weighted by Crippen LogP contribution is 2.33. The highest BCUT2D eigenvalue weighted by atomic mass is 79.9. The van der Waals surface area contributed by atoms with E-state index in [1.54, 1.807) is 19.1 Å². The van der Waals surface area contributed by atoms with E-state index in [-0.39, 0.29) is 0 Å². The highest BCUT2D eigenvalue weighted by molar-refractivity contribution is 9.10. The van der Waals surface area contributed by atoms with Crippen molar-refractivity contribution in [2.75, 3.05) is 0 Å². The molecule has 0 radical (unpaired) electrons. The normalized spacial score (nSPS) is 10.4. The van der Waals surface area contributed by atoms with Gasteiger partial charge in [0.1, 0.15) is 0 Å². The van der Waals surface area contributed by atoms with Gasteiger partial charge in [0.2, 0.25) is 0 Å². The van der Waals surface area contributed by atoms with Gasteiger partial charge < -0.3 is 4.74 Å². The van der Waals surface area contributed by atoms with Crippen LogP contribution in [0.4, 0.5) is 0 Å². The molecule has 0 spiro atoms.